The molecule has 146 valence electrons. The van der Waals surface area contributed by atoms with Crippen LogP contribution in [0.4, 0.5) is 14.5 Å². The Labute approximate surface area is 166 Å². The standard InChI is InChI=1S/C21H21F2N3OS/c1-13-20(24-28-12-15-6-3-4-9-18(15)22)21(27)26(25(13)2)16-8-5-7-14(10-16)17-11-19(17)23/h3-10,17,19,24H,11-12H2,1-2H3. The van der Waals surface area contributed by atoms with Gasteiger partial charge in [0.25, 0.3) is 5.56 Å². The predicted octanol–water partition coefficient (Wildman–Crippen LogP) is 4.71. The zero-order valence-corrected chi connectivity index (χ0v) is 16.5. The SMILES string of the molecule is Cc1c(NSCc2ccccc2F)c(=O)n(-c2cccc(C3CC3F)c2)n1C. The Hall–Kier alpha value is -2.54. The fourth-order valence-corrected chi connectivity index (χ4v) is 4.16. The van der Waals surface area contributed by atoms with Crippen molar-refractivity contribution in [1.82, 2.24) is 9.36 Å². The molecule has 0 radical (unpaired) electrons. The molecule has 0 amide bonds. The molecule has 4 nitrogen and oxygen atoms in total. The van der Waals surface area contributed by atoms with Crippen LogP contribution in [0.3, 0.4) is 0 Å². The summed E-state index contributed by atoms with van der Waals surface area (Å²) in [7, 11) is 1.81. The van der Waals surface area contributed by atoms with Gasteiger partial charge in [0.1, 0.15) is 17.7 Å². The molecule has 1 saturated carbocycles. The minimum absolute atomic E-state index is 0.0639. The highest BCUT2D eigenvalue weighted by molar-refractivity contribution is 7.99. The molecular weight excluding hydrogens is 380 g/mol. The minimum Gasteiger partial charge on any atom is -0.323 e. The molecule has 1 N–H and O–H groups in total. The minimum atomic E-state index is -0.783. The first-order chi connectivity index (χ1) is 13.5. The summed E-state index contributed by atoms with van der Waals surface area (Å²) >= 11 is 1.27. The Balaban J connectivity index is 1.58. The zero-order valence-electron chi connectivity index (χ0n) is 15.7. The number of nitrogens with one attached hydrogen (secondary N) is 1. The Kier molecular flexibility index (Phi) is 5.02. The van der Waals surface area contributed by atoms with Gasteiger partial charge in [-0.2, -0.15) is 0 Å². The summed E-state index contributed by atoms with van der Waals surface area (Å²) in [5.74, 6) is 0.0724. The molecule has 3 aromatic rings. The summed E-state index contributed by atoms with van der Waals surface area (Å²) in [4.78, 5) is 13.0. The van der Waals surface area contributed by atoms with Gasteiger partial charge >= 0.3 is 0 Å². The van der Waals surface area contributed by atoms with Crippen LogP contribution in [0.2, 0.25) is 0 Å². The average molecular weight is 401 g/mol. The van der Waals surface area contributed by atoms with Gasteiger partial charge in [0, 0.05) is 18.7 Å². The second-order valence-corrected chi connectivity index (χ2v) is 7.82. The van der Waals surface area contributed by atoms with E-state index >= 15 is 0 Å². The maximum absolute atomic E-state index is 13.8. The molecule has 0 aliphatic heterocycles. The van der Waals surface area contributed by atoms with E-state index in [1.807, 2.05) is 38.2 Å². The number of rotatable bonds is 6. The van der Waals surface area contributed by atoms with E-state index in [0.29, 0.717) is 29.1 Å². The number of hydrogen-bond acceptors (Lipinski definition) is 3. The van der Waals surface area contributed by atoms with E-state index in [4.69, 9.17) is 0 Å². The second-order valence-electron chi connectivity index (χ2n) is 7.04. The summed E-state index contributed by atoms with van der Waals surface area (Å²) in [6.45, 7) is 1.85. The van der Waals surface area contributed by atoms with Crippen LogP contribution in [-0.2, 0) is 12.8 Å². The highest BCUT2D eigenvalue weighted by Gasteiger charge is 2.38. The van der Waals surface area contributed by atoms with Gasteiger partial charge in [-0.3, -0.25) is 9.48 Å². The van der Waals surface area contributed by atoms with Crippen molar-refractivity contribution in [1.29, 1.82) is 0 Å². The average Bonchev–Trinajstić information content (AvgIpc) is 3.38. The van der Waals surface area contributed by atoms with E-state index in [9.17, 15) is 13.6 Å². The van der Waals surface area contributed by atoms with Crippen molar-refractivity contribution in [3.63, 3.8) is 0 Å². The van der Waals surface area contributed by atoms with Crippen molar-refractivity contribution in [3.8, 4) is 5.69 Å². The smallest absolute Gasteiger partial charge is 0.295 e. The molecule has 1 fully saturated rings. The molecule has 2 atom stereocenters. The number of halogens is 2. The number of alkyl halides is 1. The molecule has 0 bridgehead atoms. The van der Waals surface area contributed by atoms with E-state index in [2.05, 4.69) is 4.72 Å². The number of anilines is 1. The largest absolute Gasteiger partial charge is 0.323 e. The van der Waals surface area contributed by atoms with Crippen molar-refractivity contribution in [3.05, 3.63) is 81.5 Å². The lowest BCUT2D eigenvalue weighted by atomic mass is 10.1. The monoisotopic (exact) mass is 401 g/mol. The molecule has 0 saturated heterocycles. The molecule has 1 heterocycles. The lowest BCUT2D eigenvalue weighted by Crippen LogP contribution is -2.20. The van der Waals surface area contributed by atoms with Crippen LogP contribution in [0.5, 0.6) is 0 Å². The summed E-state index contributed by atoms with van der Waals surface area (Å²) < 4.78 is 33.6. The van der Waals surface area contributed by atoms with E-state index < -0.39 is 6.17 Å². The van der Waals surface area contributed by atoms with Crippen LogP contribution in [0.15, 0.2) is 53.3 Å². The van der Waals surface area contributed by atoms with Crippen molar-refractivity contribution in [2.24, 2.45) is 7.05 Å². The number of aromatic nitrogens is 2. The Morgan fingerprint density at radius 2 is 1.96 bits per heavy atom. The van der Waals surface area contributed by atoms with Crippen LogP contribution in [-0.4, -0.2) is 15.5 Å². The third-order valence-electron chi connectivity index (χ3n) is 5.17. The summed E-state index contributed by atoms with van der Waals surface area (Å²) in [5, 5.41) is 0. The molecule has 1 aliphatic rings. The van der Waals surface area contributed by atoms with E-state index in [0.717, 1.165) is 11.3 Å². The topological polar surface area (TPSA) is 39.0 Å². The summed E-state index contributed by atoms with van der Waals surface area (Å²) in [6, 6.07) is 14.1. The van der Waals surface area contributed by atoms with Crippen LogP contribution in [0.25, 0.3) is 5.69 Å². The molecule has 1 aliphatic carbocycles. The van der Waals surface area contributed by atoms with E-state index in [1.54, 1.807) is 27.6 Å². The summed E-state index contributed by atoms with van der Waals surface area (Å²) in [5.41, 5.74) is 3.24. The van der Waals surface area contributed by atoms with Gasteiger partial charge in [0.2, 0.25) is 0 Å². The van der Waals surface area contributed by atoms with Crippen LogP contribution < -0.4 is 10.3 Å². The molecule has 2 aromatic carbocycles. The van der Waals surface area contributed by atoms with Crippen molar-refractivity contribution in [2.75, 3.05) is 4.72 Å². The number of hydrogen-bond donors (Lipinski definition) is 1. The zero-order chi connectivity index (χ0) is 19.8. The predicted molar refractivity (Wildman–Crippen MR) is 109 cm³/mol. The maximum Gasteiger partial charge on any atom is 0.295 e. The lowest BCUT2D eigenvalue weighted by Gasteiger charge is -2.09. The Morgan fingerprint density at radius 3 is 2.68 bits per heavy atom. The van der Waals surface area contributed by atoms with Gasteiger partial charge in [0.15, 0.2) is 0 Å². The highest BCUT2D eigenvalue weighted by atomic mass is 32.2. The molecule has 7 heteroatoms. The van der Waals surface area contributed by atoms with Gasteiger partial charge in [-0.1, -0.05) is 30.3 Å². The quantitative estimate of drug-likeness (QED) is 0.608. The van der Waals surface area contributed by atoms with Crippen molar-refractivity contribution < 1.29 is 8.78 Å². The molecule has 1 aromatic heterocycles. The van der Waals surface area contributed by atoms with Crippen LogP contribution in [0, 0.1) is 12.7 Å². The molecule has 4 rings (SSSR count). The first kappa shape index (κ1) is 18.8. The third kappa shape index (κ3) is 3.46. The van der Waals surface area contributed by atoms with Gasteiger partial charge in [0.05, 0.1) is 11.4 Å². The molecule has 2 unspecified atom stereocenters. The van der Waals surface area contributed by atoms with Crippen LogP contribution >= 0.6 is 11.9 Å². The maximum atomic E-state index is 13.8. The van der Waals surface area contributed by atoms with E-state index in [-0.39, 0.29) is 17.3 Å². The first-order valence-electron chi connectivity index (χ1n) is 9.11. The Morgan fingerprint density at radius 1 is 1.21 bits per heavy atom. The fourth-order valence-electron chi connectivity index (χ4n) is 3.31. The van der Waals surface area contributed by atoms with Crippen LogP contribution in [0.1, 0.15) is 29.2 Å². The van der Waals surface area contributed by atoms with Gasteiger partial charge < -0.3 is 4.72 Å². The lowest BCUT2D eigenvalue weighted by molar-refractivity contribution is 0.468. The molecular formula is C21H21F2N3OS. The second kappa shape index (κ2) is 7.47. The first-order valence-corrected chi connectivity index (χ1v) is 10.1. The Bertz CT molecular complexity index is 1080. The van der Waals surface area contributed by atoms with Crippen molar-refractivity contribution in [2.45, 2.75) is 31.2 Å². The molecule has 0 spiro atoms. The van der Waals surface area contributed by atoms with Gasteiger partial charge in [-0.15, -0.1) is 0 Å². The highest BCUT2D eigenvalue weighted by Crippen LogP contribution is 2.43. The van der Waals surface area contributed by atoms with Gasteiger partial charge in [-0.25, -0.2) is 13.5 Å². The fraction of sp³-hybridized carbons (Fsp3) is 0.286. The summed E-state index contributed by atoms with van der Waals surface area (Å²) in [6.07, 6.45) is -0.238. The number of benzene rings is 2. The third-order valence-corrected chi connectivity index (χ3v) is 5.97. The normalized spacial score (nSPS) is 18.3. The number of nitrogens with zero attached hydrogens (tertiary/aromatic N) is 2. The van der Waals surface area contributed by atoms with E-state index in [1.165, 1.54) is 18.0 Å². The van der Waals surface area contributed by atoms with Gasteiger partial charge in [-0.05, 0) is 54.6 Å². The molecule has 28 heavy (non-hydrogen) atoms. The van der Waals surface area contributed by atoms with Crippen molar-refractivity contribution >= 4 is 17.6 Å².